The van der Waals surface area contributed by atoms with Crippen molar-refractivity contribution in [1.82, 2.24) is 0 Å². The Labute approximate surface area is 72.1 Å². The minimum atomic E-state index is -0.567. The largest absolute Gasteiger partial charge is 0.457 e. The van der Waals surface area contributed by atoms with Crippen molar-refractivity contribution in [1.29, 1.82) is 0 Å². The summed E-state index contributed by atoms with van der Waals surface area (Å²) in [6.07, 6.45) is 0. The van der Waals surface area contributed by atoms with Crippen LogP contribution >= 0.6 is 0 Å². The van der Waals surface area contributed by atoms with Crippen molar-refractivity contribution >= 4 is 11.8 Å². The molecule has 0 aromatic carbocycles. The zero-order valence-electron chi connectivity index (χ0n) is 7.88. The van der Waals surface area contributed by atoms with Crippen LogP contribution in [0.3, 0.4) is 0 Å². The highest BCUT2D eigenvalue weighted by Crippen LogP contribution is 2.40. The summed E-state index contributed by atoms with van der Waals surface area (Å²) in [6, 6.07) is 0. The predicted octanol–water partition coefficient (Wildman–Crippen LogP) is 1.16. The quantitative estimate of drug-likeness (QED) is 0.461. The van der Waals surface area contributed by atoms with Crippen LogP contribution in [-0.4, -0.2) is 17.4 Å². The molecule has 0 spiro atoms. The van der Waals surface area contributed by atoms with E-state index in [1.807, 2.05) is 20.8 Å². The number of rotatable bonds is 2. The molecule has 2 atom stereocenters. The van der Waals surface area contributed by atoms with Gasteiger partial charge in [0.15, 0.2) is 5.92 Å². The SMILES string of the molecule is CC(=O)C1C(=O)OC1(C)C(C)C. The van der Waals surface area contributed by atoms with Crippen LogP contribution in [-0.2, 0) is 14.3 Å². The molecule has 1 aliphatic rings. The van der Waals surface area contributed by atoms with Crippen LogP contribution < -0.4 is 0 Å². The van der Waals surface area contributed by atoms with E-state index < -0.39 is 11.5 Å². The molecule has 68 valence electrons. The Morgan fingerprint density at radius 1 is 1.58 bits per heavy atom. The highest BCUT2D eigenvalue weighted by atomic mass is 16.6. The van der Waals surface area contributed by atoms with Crippen molar-refractivity contribution in [2.75, 3.05) is 0 Å². The molecule has 0 N–H and O–H groups in total. The summed E-state index contributed by atoms with van der Waals surface area (Å²) in [5.41, 5.74) is -0.567. The summed E-state index contributed by atoms with van der Waals surface area (Å²) in [7, 11) is 0. The second kappa shape index (κ2) is 2.57. The second-order valence-electron chi connectivity index (χ2n) is 3.80. The number of ether oxygens (including phenoxy) is 1. The van der Waals surface area contributed by atoms with Crippen LogP contribution in [0.2, 0.25) is 0 Å². The third-order valence-electron chi connectivity index (χ3n) is 2.68. The third-order valence-corrected chi connectivity index (χ3v) is 2.68. The van der Waals surface area contributed by atoms with Crippen LogP contribution in [0.25, 0.3) is 0 Å². The Morgan fingerprint density at radius 3 is 2.25 bits per heavy atom. The summed E-state index contributed by atoms with van der Waals surface area (Å²) < 4.78 is 5.00. The molecule has 1 rings (SSSR count). The normalized spacial score (nSPS) is 34.4. The van der Waals surface area contributed by atoms with Crippen molar-refractivity contribution in [3.63, 3.8) is 0 Å². The van der Waals surface area contributed by atoms with E-state index in [-0.39, 0.29) is 17.7 Å². The highest BCUT2D eigenvalue weighted by molar-refractivity contribution is 6.03. The van der Waals surface area contributed by atoms with Gasteiger partial charge in [-0.25, -0.2) is 0 Å². The van der Waals surface area contributed by atoms with Gasteiger partial charge in [-0.3, -0.25) is 9.59 Å². The van der Waals surface area contributed by atoms with E-state index in [9.17, 15) is 9.59 Å². The van der Waals surface area contributed by atoms with Gasteiger partial charge in [0.1, 0.15) is 11.4 Å². The molecule has 0 radical (unpaired) electrons. The molecular weight excluding hydrogens is 156 g/mol. The summed E-state index contributed by atoms with van der Waals surface area (Å²) in [6.45, 7) is 7.14. The second-order valence-corrected chi connectivity index (χ2v) is 3.80. The van der Waals surface area contributed by atoms with Gasteiger partial charge in [-0.05, 0) is 19.8 Å². The van der Waals surface area contributed by atoms with Crippen molar-refractivity contribution < 1.29 is 14.3 Å². The van der Waals surface area contributed by atoms with Crippen LogP contribution in [0, 0.1) is 11.8 Å². The van der Waals surface area contributed by atoms with Crippen LogP contribution in [0.5, 0.6) is 0 Å². The lowest BCUT2D eigenvalue weighted by Crippen LogP contribution is -2.61. The maximum Gasteiger partial charge on any atom is 0.321 e. The Hall–Kier alpha value is -0.860. The van der Waals surface area contributed by atoms with Crippen LogP contribution in [0.4, 0.5) is 0 Å². The van der Waals surface area contributed by atoms with Gasteiger partial charge in [0, 0.05) is 0 Å². The fraction of sp³-hybridized carbons (Fsp3) is 0.778. The number of carbonyl (C=O) groups is 2. The molecule has 1 fully saturated rings. The number of hydrogen-bond acceptors (Lipinski definition) is 3. The van der Waals surface area contributed by atoms with Crippen molar-refractivity contribution in [2.24, 2.45) is 11.8 Å². The molecule has 1 heterocycles. The summed E-state index contributed by atoms with van der Waals surface area (Å²) in [5, 5.41) is 0. The first-order valence-electron chi connectivity index (χ1n) is 4.13. The average molecular weight is 170 g/mol. The zero-order chi connectivity index (χ0) is 9.52. The zero-order valence-corrected chi connectivity index (χ0v) is 7.88. The molecule has 0 aromatic rings. The average Bonchev–Trinajstić information content (AvgIpc) is 1.83. The van der Waals surface area contributed by atoms with Gasteiger partial charge >= 0.3 is 5.97 Å². The lowest BCUT2D eigenvalue weighted by molar-refractivity contribution is -0.216. The number of cyclic esters (lactones) is 1. The topological polar surface area (TPSA) is 43.4 Å². The minimum Gasteiger partial charge on any atom is -0.457 e. The first kappa shape index (κ1) is 9.23. The Bertz CT molecular complexity index is 224. The van der Waals surface area contributed by atoms with E-state index in [1.54, 1.807) is 0 Å². The smallest absolute Gasteiger partial charge is 0.321 e. The summed E-state index contributed by atoms with van der Waals surface area (Å²) >= 11 is 0. The summed E-state index contributed by atoms with van der Waals surface area (Å²) in [5.74, 6) is -0.831. The maximum atomic E-state index is 11.1. The predicted molar refractivity (Wildman–Crippen MR) is 43.5 cm³/mol. The van der Waals surface area contributed by atoms with Gasteiger partial charge < -0.3 is 4.74 Å². The van der Waals surface area contributed by atoms with Gasteiger partial charge in [-0.2, -0.15) is 0 Å². The number of esters is 1. The number of carbonyl (C=O) groups excluding carboxylic acids is 2. The minimum absolute atomic E-state index is 0.0950. The van der Waals surface area contributed by atoms with E-state index >= 15 is 0 Å². The highest BCUT2D eigenvalue weighted by Gasteiger charge is 2.57. The Kier molecular flexibility index (Phi) is 1.98. The molecule has 12 heavy (non-hydrogen) atoms. The summed E-state index contributed by atoms with van der Waals surface area (Å²) in [4.78, 5) is 22.0. The first-order valence-corrected chi connectivity index (χ1v) is 4.13. The van der Waals surface area contributed by atoms with Crippen molar-refractivity contribution in [3.05, 3.63) is 0 Å². The molecule has 2 unspecified atom stereocenters. The maximum absolute atomic E-state index is 11.1. The van der Waals surface area contributed by atoms with Crippen LogP contribution in [0.15, 0.2) is 0 Å². The molecule has 3 heteroatoms. The van der Waals surface area contributed by atoms with Crippen molar-refractivity contribution in [3.8, 4) is 0 Å². The lowest BCUT2D eigenvalue weighted by atomic mass is 9.73. The molecule has 0 aromatic heterocycles. The molecule has 0 saturated carbocycles. The molecule has 1 aliphatic heterocycles. The fourth-order valence-electron chi connectivity index (χ4n) is 1.53. The van der Waals surface area contributed by atoms with Gasteiger partial charge in [0.05, 0.1) is 0 Å². The Morgan fingerprint density at radius 2 is 2.08 bits per heavy atom. The number of ketones is 1. The fourth-order valence-corrected chi connectivity index (χ4v) is 1.53. The molecular formula is C9H14O3. The van der Waals surface area contributed by atoms with E-state index in [0.29, 0.717) is 0 Å². The Balaban J connectivity index is 2.84. The van der Waals surface area contributed by atoms with Gasteiger partial charge in [-0.15, -0.1) is 0 Å². The number of hydrogen-bond donors (Lipinski definition) is 0. The van der Waals surface area contributed by atoms with Crippen LogP contribution in [0.1, 0.15) is 27.7 Å². The van der Waals surface area contributed by atoms with Gasteiger partial charge in [0.25, 0.3) is 0 Å². The molecule has 3 nitrogen and oxygen atoms in total. The molecule has 0 amide bonds. The van der Waals surface area contributed by atoms with E-state index in [2.05, 4.69) is 0 Å². The number of Topliss-reactive ketones (excluding diaryl/α,β-unsaturated/α-hetero) is 1. The molecule has 0 bridgehead atoms. The standard InChI is InChI=1S/C9H14O3/c1-5(2)9(4)7(6(3)10)8(11)12-9/h5,7H,1-4H3. The van der Waals surface area contributed by atoms with Gasteiger partial charge in [-0.1, -0.05) is 13.8 Å². The lowest BCUT2D eigenvalue weighted by Gasteiger charge is -2.46. The first-order chi connectivity index (χ1) is 5.39. The molecule has 0 aliphatic carbocycles. The third kappa shape index (κ3) is 1.04. The van der Waals surface area contributed by atoms with E-state index in [0.717, 1.165) is 0 Å². The van der Waals surface area contributed by atoms with Crippen molar-refractivity contribution in [2.45, 2.75) is 33.3 Å². The van der Waals surface area contributed by atoms with Gasteiger partial charge in [0.2, 0.25) is 0 Å². The molecule has 1 saturated heterocycles. The monoisotopic (exact) mass is 170 g/mol. The van der Waals surface area contributed by atoms with E-state index in [1.165, 1.54) is 6.92 Å². The van der Waals surface area contributed by atoms with E-state index in [4.69, 9.17) is 4.74 Å².